The van der Waals surface area contributed by atoms with Gasteiger partial charge in [0.1, 0.15) is 12.4 Å². The number of rotatable bonds is 8. The molecule has 2 rings (SSSR count). The maximum Gasteiger partial charge on any atom is 0.259 e. The first kappa shape index (κ1) is 17.5. The molecule has 0 heterocycles. The molecule has 0 fully saturated rings. The van der Waals surface area contributed by atoms with Crippen LogP contribution in [0.4, 0.5) is 5.69 Å². The van der Waals surface area contributed by atoms with Gasteiger partial charge in [-0.3, -0.25) is 9.59 Å². The number of ether oxygens (including phenoxy) is 2. The predicted octanol–water partition coefficient (Wildman–Crippen LogP) is 2.45. The van der Waals surface area contributed by atoms with Crippen molar-refractivity contribution in [3.05, 3.63) is 59.7 Å². The Kier molecular flexibility index (Phi) is 6.33. The Morgan fingerprint density at radius 2 is 1.67 bits per heavy atom. The third kappa shape index (κ3) is 4.57. The van der Waals surface area contributed by atoms with Crippen molar-refractivity contribution in [3.63, 3.8) is 0 Å². The van der Waals surface area contributed by atoms with Crippen LogP contribution >= 0.6 is 0 Å². The summed E-state index contributed by atoms with van der Waals surface area (Å²) < 4.78 is 10.8. The van der Waals surface area contributed by atoms with Crippen molar-refractivity contribution in [1.82, 2.24) is 0 Å². The molecule has 0 unspecified atom stereocenters. The summed E-state index contributed by atoms with van der Waals surface area (Å²) in [5.41, 5.74) is 6.30. The lowest BCUT2D eigenvalue weighted by Gasteiger charge is -2.13. The van der Waals surface area contributed by atoms with Crippen molar-refractivity contribution >= 4 is 17.5 Å². The lowest BCUT2D eigenvalue weighted by Crippen LogP contribution is -2.19. The zero-order valence-corrected chi connectivity index (χ0v) is 13.5. The van der Waals surface area contributed by atoms with Crippen LogP contribution in [0.3, 0.4) is 0 Å². The van der Waals surface area contributed by atoms with E-state index in [2.05, 4.69) is 5.32 Å². The number of carbonyl (C=O) groups is 2. The number of amides is 2. The van der Waals surface area contributed by atoms with E-state index < -0.39 is 5.91 Å². The Morgan fingerprint density at radius 3 is 2.38 bits per heavy atom. The fraction of sp³-hybridized carbons (Fsp3) is 0.222. The first-order chi connectivity index (χ1) is 11.6. The highest BCUT2D eigenvalue weighted by Crippen LogP contribution is 2.21. The summed E-state index contributed by atoms with van der Waals surface area (Å²) in [6.45, 7) is 3.29. The Bertz CT molecular complexity index is 716. The van der Waals surface area contributed by atoms with Gasteiger partial charge in [0, 0.05) is 6.61 Å². The Labute approximate surface area is 140 Å². The molecule has 0 aliphatic heterocycles. The van der Waals surface area contributed by atoms with Gasteiger partial charge in [0.05, 0.1) is 23.4 Å². The molecule has 0 aromatic heterocycles. The van der Waals surface area contributed by atoms with Gasteiger partial charge in [0.25, 0.3) is 11.8 Å². The monoisotopic (exact) mass is 328 g/mol. The molecule has 0 saturated carbocycles. The summed E-state index contributed by atoms with van der Waals surface area (Å²) >= 11 is 0. The van der Waals surface area contributed by atoms with Gasteiger partial charge in [-0.1, -0.05) is 24.3 Å². The minimum absolute atomic E-state index is 0.251. The van der Waals surface area contributed by atoms with Crippen molar-refractivity contribution in [2.45, 2.75) is 6.92 Å². The fourth-order valence-electron chi connectivity index (χ4n) is 2.13. The van der Waals surface area contributed by atoms with Crippen LogP contribution in [0, 0.1) is 0 Å². The Balaban J connectivity index is 2.14. The molecule has 2 aromatic carbocycles. The molecule has 6 nitrogen and oxygen atoms in total. The Hall–Kier alpha value is -2.86. The highest BCUT2D eigenvalue weighted by atomic mass is 16.5. The third-order valence-electron chi connectivity index (χ3n) is 3.26. The highest BCUT2D eigenvalue weighted by Gasteiger charge is 2.15. The lowest BCUT2D eigenvalue weighted by atomic mass is 10.1. The zero-order chi connectivity index (χ0) is 17.4. The van der Waals surface area contributed by atoms with Crippen LogP contribution in [-0.2, 0) is 4.74 Å². The van der Waals surface area contributed by atoms with Crippen LogP contribution < -0.4 is 15.8 Å². The molecule has 126 valence electrons. The molecule has 3 N–H and O–H groups in total. The van der Waals surface area contributed by atoms with E-state index in [0.29, 0.717) is 36.8 Å². The number of hydrogen-bond acceptors (Lipinski definition) is 4. The minimum atomic E-state index is -0.604. The van der Waals surface area contributed by atoms with Gasteiger partial charge in [-0.15, -0.1) is 0 Å². The molecule has 0 radical (unpaired) electrons. The van der Waals surface area contributed by atoms with Crippen LogP contribution in [0.5, 0.6) is 5.75 Å². The predicted molar refractivity (Wildman–Crippen MR) is 91.3 cm³/mol. The zero-order valence-electron chi connectivity index (χ0n) is 13.5. The molecule has 0 aliphatic rings. The number of hydrogen-bond donors (Lipinski definition) is 2. The molecule has 24 heavy (non-hydrogen) atoms. The summed E-state index contributed by atoms with van der Waals surface area (Å²) in [7, 11) is 0. The molecule has 0 atom stereocenters. The van der Waals surface area contributed by atoms with Gasteiger partial charge >= 0.3 is 0 Å². The van der Waals surface area contributed by atoms with E-state index in [-0.39, 0.29) is 11.5 Å². The standard InChI is InChI=1S/C18H20N2O4/c1-2-23-11-12-24-16-10-6-4-8-14(16)18(22)20-15-9-5-3-7-13(15)17(19)21/h3-10H,2,11-12H2,1H3,(H2,19,21)(H,20,22). The summed E-state index contributed by atoms with van der Waals surface area (Å²) in [5, 5.41) is 2.70. The van der Waals surface area contributed by atoms with Gasteiger partial charge < -0.3 is 20.5 Å². The third-order valence-corrected chi connectivity index (χ3v) is 3.26. The molecule has 0 aliphatic carbocycles. The van der Waals surface area contributed by atoms with Crippen LogP contribution in [0.1, 0.15) is 27.6 Å². The normalized spacial score (nSPS) is 10.2. The van der Waals surface area contributed by atoms with Crippen molar-refractivity contribution in [1.29, 1.82) is 0 Å². The van der Waals surface area contributed by atoms with Gasteiger partial charge in [-0.25, -0.2) is 0 Å². The minimum Gasteiger partial charge on any atom is -0.490 e. The average molecular weight is 328 g/mol. The number of primary amides is 1. The van der Waals surface area contributed by atoms with E-state index in [9.17, 15) is 9.59 Å². The van der Waals surface area contributed by atoms with Gasteiger partial charge in [0.2, 0.25) is 0 Å². The number of anilines is 1. The van der Waals surface area contributed by atoms with Crippen molar-refractivity contribution in [2.24, 2.45) is 5.73 Å². The molecular weight excluding hydrogens is 308 g/mol. The molecule has 2 amide bonds. The maximum atomic E-state index is 12.5. The number of carbonyl (C=O) groups excluding carboxylic acids is 2. The summed E-state index contributed by atoms with van der Waals surface area (Å²) in [4.78, 5) is 24.0. The van der Waals surface area contributed by atoms with Crippen molar-refractivity contribution < 1.29 is 19.1 Å². The van der Waals surface area contributed by atoms with E-state index in [1.807, 2.05) is 6.92 Å². The van der Waals surface area contributed by atoms with E-state index >= 15 is 0 Å². The maximum absolute atomic E-state index is 12.5. The number of para-hydroxylation sites is 2. The average Bonchev–Trinajstić information content (AvgIpc) is 2.59. The summed E-state index contributed by atoms with van der Waals surface area (Å²) in [6.07, 6.45) is 0. The first-order valence-electron chi connectivity index (χ1n) is 7.63. The highest BCUT2D eigenvalue weighted by molar-refractivity contribution is 6.09. The molecule has 6 heteroatoms. The second-order valence-electron chi connectivity index (χ2n) is 4.91. The largest absolute Gasteiger partial charge is 0.490 e. The topological polar surface area (TPSA) is 90.7 Å². The number of nitrogens with one attached hydrogen (secondary N) is 1. The van der Waals surface area contributed by atoms with E-state index in [1.165, 1.54) is 0 Å². The van der Waals surface area contributed by atoms with Crippen molar-refractivity contribution in [3.8, 4) is 5.75 Å². The van der Waals surface area contributed by atoms with Crippen LogP contribution in [0.25, 0.3) is 0 Å². The van der Waals surface area contributed by atoms with Crippen LogP contribution in [-0.4, -0.2) is 31.6 Å². The molecule has 0 bridgehead atoms. The SMILES string of the molecule is CCOCCOc1ccccc1C(=O)Nc1ccccc1C(N)=O. The van der Waals surface area contributed by atoms with Crippen LogP contribution in [0.15, 0.2) is 48.5 Å². The fourth-order valence-corrected chi connectivity index (χ4v) is 2.13. The van der Waals surface area contributed by atoms with Crippen molar-refractivity contribution in [2.75, 3.05) is 25.1 Å². The van der Waals surface area contributed by atoms with E-state index in [0.717, 1.165) is 0 Å². The molecule has 0 spiro atoms. The van der Waals surface area contributed by atoms with E-state index in [4.69, 9.17) is 15.2 Å². The molecule has 0 saturated heterocycles. The smallest absolute Gasteiger partial charge is 0.259 e. The second-order valence-corrected chi connectivity index (χ2v) is 4.91. The van der Waals surface area contributed by atoms with Crippen LogP contribution in [0.2, 0.25) is 0 Å². The second kappa shape index (κ2) is 8.69. The summed E-state index contributed by atoms with van der Waals surface area (Å²) in [5.74, 6) is -0.533. The quantitative estimate of drug-likeness (QED) is 0.728. The van der Waals surface area contributed by atoms with E-state index in [1.54, 1.807) is 48.5 Å². The van der Waals surface area contributed by atoms with Gasteiger partial charge in [-0.05, 0) is 31.2 Å². The Morgan fingerprint density at radius 1 is 1.00 bits per heavy atom. The number of benzene rings is 2. The number of nitrogens with two attached hydrogens (primary N) is 1. The summed E-state index contributed by atoms with van der Waals surface area (Å²) in [6, 6.07) is 13.5. The molecular formula is C18H20N2O4. The van der Waals surface area contributed by atoms with Gasteiger partial charge in [0.15, 0.2) is 0 Å². The lowest BCUT2D eigenvalue weighted by molar-refractivity contribution is 0.0998. The first-order valence-corrected chi connectivity index (χ1v) is 7.63. The van der Waals surface area contributed by atoms with Gasteiger partial charge in [-0.2, -0.15) is 0 Å². The molecule has 2 aromatic rings.